The van der Waals surface area contributed by atoms with E-state index in [4.69, 9.17) is 0 Å². The van der Waals surface area contributed by atoms with Crippen LogP contribution in [0.5, 0.6) is 0 Å². The zero-order valence-electron chi connectivity index (χ0n) is 13.8. The Labute approximate surface area is 138 Å². The number of amides is 1. The molecule has 1 aliphatic carbocycles. The summed E-state index contributed by atoms with van der Waals surface area (Å²) in [5.74, 6) is 0.941. The van der Waals surface area contributed by atoms with Crippen molar-refractivity contribution >= 4 is 11.7 Å². The van der Waals surface area contributed by atoms with Crippen molar-refractivity contribution in [1.29, 1.82) is 0 Å². The Morgan fingerprint density at radius 1 is 1.22 bits per heavy atom. The van der Waals surface area contributed by atoms with E-state index in [2.05, 4.69) is 21.3 Å². The number of anilines is 1. The summed E-state index contributed by atoms with van der Waals surface area (Å²) in [4.78, 5) is 18.8. The van der Waals surface area contributed by atoms with Crippen LogP contribution in [-0.4, -0.2) is 34.7 Å². The molecule has 1 aliphatic heterocycles. The lowest BCUT2D eigenvalue weighted by atomic mass is 9.97. The Kier molecular flexibility index (Phi) is 5.16. The van der Waals surface area contributed by atoms with E-state index in [1.165, 1.54) is 19.3 Å². The molecule has 1 aromatic heterocycles. The Balaban J connectivity index is 1.52. The largest absolute Gasteiger partial charge is 0.389 e. The van der Waals surface area contributed by atoms with Gasteiger partial charge in [0, 0.05) is 25.8 Å². The number of pyridine rings is 1. The number of carbonyl (C=O) groups is 1. The molecule has 0 atom stereocenters. The van der Waals surface area contributed by atoms with E-state index in [0.29, 0.717) is 6.54 Å². The molecule has 1 saturated heterocycles. The first-order chi connectivity index (χ1) is 11.1. The summed E-state index contributed by atoms with van der Waals surface area (Å²) in [6.07, 6.45) is 9.31. The molecule has 126 valence electrons. The first kappa shape index (κ1) is 16.2. The number of piperidine rings is 1. The van der Waals surface area contributed by atoms with Gasteiger partial charge in [-0.05, 0) is 49.8 Å². The third kappa shape index (κ3) is 4.44. The molecule has 1 amide bonds. The lowest BCUT2D eigenvalue weighted by Crippen LogP contribution is -2.34. The van der Waals surface area contributed by atoms with E-state index >= 15 is 0 Å². The van der Waals surface area contributed by atoms with Gasteiger partial charge in [0.05, 0.1) is 12.0 Å². The standard InChI is InChI=1S/C18H27N3O2/c22-17(13-18(23)7-2-3-8-18)20-14-15-6-9-19-16(12-15)21-10-4-1-5-11-21/h6,9,12,23H,1-5,7-8,10-11,13-14H2,(H,20,22). The highest BCUT2D eigenvalue weighted by Gasteiger charge is 2.33. The lowest BCUT2D eigenvalue weighted by molar-refractivity contribution is -0.126. The molecule has 2 heterocycles. The minimum Gasteiger partial charge on any atom is -0.389 e. The van der Waals surface area contributed by atoms with Crippen molar-refractivity contribution in [3.8, 4) is 0 Å². The van der Waals surface area contributed by atoms with Crippen LogP contribution >= 0.6 is 0 Å². The number of aromatic nitrogens is 1. The van der Waals surface area contributed by atoms with Crippen molar-refractivity contribution in [3.63, 3.8) is 0 Å². The maximum Gasteiger partial charge on any atom is 0.223 e. The minimum atomic E-state index is -0.776. The Hall–Kier alpha value is -1.62. The smallest absolute Gasteiger partial charge is 0.223 e. The quantitative estimate of drug-likeness (QED) is 0.875. The van der Waals surface area contributed by atoms with Gasteiger partial charge in [-0.2, -0.15) is 0 Å². The first-order valence-electron chi connectivity index (χ1n) is 8.84. The zero-order chi connectivity index (χ0) is 16.1. The topological polar surface area (TPSA) is 65.5 Å². The molecule has 5 heteroatoms. The van der Waals surface area contributed by atoms with Crippen LogP contribution in [0.1, 0.15) is 56.9 Å². The van der Waals surface area contributed by atoms with E-state index < -0.39 is 5.60 Å². The molecule has 1 aromatic rings. The van der Waals surface area contributed by atoms with Gasteiger partial charge >= 0.3 is 0 Å². The second-order valence-corrected chi connectivity index (χ2v) is 6.95. The molecule has 0 aromatic carbocycles. The fourth-order valence-corrected chi connectivity index (χ4v) is 3.64. The number of aliphatic hydroxyl groups is 1. The fourth-order valence-electron chi connectivity index (χ4n) is 3.64. The molecule has 0 unspecified atom stereocenters. The van der Waals surface area contributed by atoms with Gasteiger partial charge in [-0.1, -0.05) is 12.8 Å². The maximum atomic E-state index is 12.1. The van der Waals surface area contributed by atoms with Gasteiger partial charge in [-0.25, -0.2) is 4.98 Å². The normalized spacial score (nSPS) is 20.5. The second-order valence-electron chi connectivity index (χ2n) is 6.95. The zero-order valence-corrected chi connectivity index (χ0v) is 13.8. The predicted octanol–water partition coefficient (Wildman–Crippen LogP) is 2.38. The molecule has 0 radical (unpaired) electrons. The molecule has 5 nitrogen and oxygen atoms in total. The Morgan fingerprint density at radius 2 is 1.96 bits per heavy atom. The molecule has 2 N–H and O–H groups in total. The molecular weight excluding hydrogens is 290 g/mol. The van der Waals surface area contributed by atoms with Gasteiger partial charge in [0.1, 0.15) is 5.82 Å². The maximum absolute atomic E-state index is 12.1. The van der Waals surface area contributed by atoms with Crippen molar-refractivity contribution in [2.75, 3.05) is 18.0 Å². The summed E-state index contributed by atoms with van der Waals surface area (Å²) >= 11 is 0. The average molecular weight is 317 g/mol. The third-order valence-corrected chi connectivity index (χ3v) is 5.00. The number of rotatable bonds is 5. The van der Waals surface area contributed by atoms with Gasteiger partial charge in [-0.15, -0.1) is 0 Å². The summed E-state index contributed by atoms with van der Waals surface area (Å²) in [7, 11) is 0. The van der Waals surface area contributed by atoms with Gasteiger partial charge in [-0.3, -0.25) is 4.79 Å². The number of nitrogens with one attached hydrogen (secondary N) is 1. The summed E-state index contributed by atoms with van der Waals surface area (Å²) in [6, 6.07) is 4.01. The van der Waals surface area contributed by atoms with Crippen molar-refractivity contribution < 1.29 is 9.90 Å². The van der Waals surface area contributed by atoms with Crippen molar-refractivity contribution in [3.05, 3.63) is 23.9 Å². The lowest BCUT2D eigenvalue weighted by Gasteiger charge is -2.28. The van der Waals surface area contributed by atoms with Crippen molar-refractivity contribution in [1.82, 2.24) is 10.3 Å². The highest BCUT2D eigenvalue weighted by molar-refractivity contribution is 5.77. The van der Waals surface area contributed by atoms with Crippen LogP contribution < -0.4 is 10.2 Å². The summed E-state index contributed by atoms with van der Waals surface area (Å²) < 4.78 is 0. The van der Waals surface area contributed by atoms with Crippen LogP contribution in [0.4, 0.5) is 5.82 Å². The average Bonchev–Trinajstić information content (AvgIpc) is 3.00. The van der Waals surface area contributed by atoms with Crippen molar-refractivity contribution in [2.24, 2.45) is 0 Å². The molecule has 1 saturated carbocycles. The summed E-state index contributed by atoms with van der Waals surface area (Å²) in [5.41, 5.74) is 0.286. The SMILES string of the molecule is O=C(CC1(O)CCCC1)NCc1ccnc(N2CCCCC2)c1. The van der Waals surface area contributed by atoms with Gasteiger partial charge in [0.25, 0.3) is 0 Å². The first-order valence-corrected chi connectivity index (χ1v) is 8.84. The number of carbonyl (C=O) groups excluding carboxylic acids is 1. The number of hydrogen-bond acceptors (Lipinski definition) is 4. The van der Waals surface area contributed by atoms with E-state index in [9.17, 15) is 9.90 Å². The van der Waals surface area contributed by atoms with Crippen LogP contribution in [0.15, 0.2) is 18.3 Å². The third-order valence-electron chi connectivity index (χ3n) is 5.00. The Morgan fingerprint density at radius 3 is 2.70 bits per heavy atom. The number of hydrogen-bond donors (Lipinski definition) is 2. The van der Waals surface area contributed by atoms with Crippen molar-refractivity contribution in [2.45, 2.75) is 63.5 Å². The fraction of sp³-hybridized carbons (Fsp3) is 0.667. The molecule has 0 bridgehead atoms. The van der Waals surface area contributed by atoms with E-state index in [-0.39, 0.29) is 12.3 Å². The molecular formula is C18H27N3O2. The minimum absolute atomic E-state index is 0.0641. The van der Waals surface area contributed by atoms with Crippen LogP contribution in [0.25, 0.3) is 0 Å². The molecule has 23 heavy (non-hydrogen) atoms. The number of nitrogens with zero attached hydrogens (tertiary/aromatic N) is 2. The molecule has 2 fully saturated rings. The van der Waals surface area contributed by atoms with E-state index in [1.54, 1.807) is 0 Å². The predicted molar refractivity (Wildman–Crippen MR) is 90.2 cm³/mol. The van der Waals surface area contributed by atoms with Crippen LogP contribution in [0.2, 0.25) is 0 Å². The van der Waals surface area contributed by atoms with Crippen LogP contribution in [-0.2, 0) is 11.3 Å². The van der Waals surface area contributed by atoms with Gasteiger partial charge in [0.15, 0.2) is 0 Å². The molecule has 3 rings (SSSR count). The monoisotopic (exact) mass is 317 g/mol. The van der Waals surface area contributed by atoms with E-state index in [0.717, 1.165) is 50.2 Å². The van der Waals surface area contributed by atoms with E-state index in [1.807, 2.05) is 12.3 Å². The van der Waals surface area contributed by atoms with Crippen LogP contribution in [0, 0.1) is 0 Å². The second kappa shape index (κ2) is 7.30. The van der Waals surface area contributed by atoms with Gasteiger partial charge in [0.2, 0.25) is 5.91 Å². The van der Waals surface area contributed by atoms with Crippen LogP contribution in [0.3, 0.4) is 0 Å². The Bertz CT molecular complexity index is 535. The highest BCUT2D eigenvalue weighted by atomic mass is 16.3. The highest BCUT2D eigenvalue weighted by Crippen LogP contribution is 2.32. The summed E-state index contributed by atoms with van der Waals surface area (Å²) in [5, 5.41) is 13.2. The summed E-state index contributed by atoms with van der Waals surface area (Å²) in [6.45, 7) is 2.63. The molecule has 0 spiro atoms. The molecule has 2 aliphatic rings. The van der Waals surface area contributed by atoms with Gasteiger partial charge < -0.3 is 15.3 Å².